The van der Waals surface area contributed by atoms with Crippen LogP contribution in [0.5, 0.6) is 6.01 Å². The SMILES string of the molecule is N#Cc1ccnc(OC2CCCC2N)n1. The third kappa shape index (κ3) is 2.22. The van der Waals surface area contributed by atoms with Gasteiger partial charge in [0.25, 0.3) is 0 Å². The molecular formula is C10H12N4O. The summed E-state index contributed by atoms with van der Waals surface area (Å²) >= 11 is 0. The zero-order valence-corrected chi connectivity index (χ0v) is 8.26. The van der Waals surface area contributed by atoms with E-state index in [0.29, 0.717) is 5.69 Å². The predicted molar refractivity (Wildman–Crippen MR) is 53.0 cm³/mol. The lowest BCUT2D eigenvalue weighted by atomic mass is 10.2. The normalized spacial score (nSPS) is 24.8. The van der Waals surface area contributed by atoms with Crippen molar-refractivity contribution in [2.24, 2.45) is 5.73 Å². The van der Waals surface area contributed by atoms with E-state index < -0.39 is 0 Å². The molecule has 1 fully saturated rings. The molecule has 2 rings (SSSR count). The fraction of sp³-hybridized carbons (Fsp3) is 0.500. The van der Waals surface area contributed by atoms with E-state index in [2.05, 4.69) is 9.97 Å². The van der Waals surface area contributed by atoms with Crippen LogP contribution >= 0.6 is 0 Å². The fourth-order valence-corrected chi connectivity index (χ4v) is 1.70. The Kier molecular flexibility index (Phi) is 2.79. The number of hydrogen-bond donors (Lipinski definition) is 1. The maximum atomic E-state index is 8.65. The number of hydrogen-bond acceptors (Lipinski definition) is 5. The van der Waals surface area contributed by atoms with Crippen LogP contribution in [0.4, 0.5) is 0 Å². The highest BCUT2D eigenvalue weighted by Gasteiger charge is 2.26. The van der Waals surface area contributed by atoms with Crippen molar-refractivity contribution in [2.75, 3.05) is 0 Å². The van der Waals surface area contributed by atoms with Crippen LogP contribution in [-0.2, 0) is 0 Å². The minimum absolute atomic E-state index is 0.0149. The summed E-state index contributed by atoms with van der Waals surface area (Å²) in [6.07, 6.45) is 4.48. The summed E-state index contributed by atoms with van der Waals surface area (Å²) < 4.78 is 5.53. The number of rotatable bonds is 2. The van der Waals surface area contributed by atoms with Gasteiger partial charge in [-0.05, 0) is 25.3 Å². The van der Waals surface area contributed by atoms with Gasteiger partial charge in [0.1, 0.15) is 17.9 Å². The second kappa shape index (κ2) is 4.24. The molecule has 78 valence electrons. The van der Waals surface area contributed by atoms with Crippen LogP contribution in [0.1, 0.15) is 25.0 Å². The van der Waals surface area contributed by atoms with E-state index in [4.69, 9.17) is 15.7 Å². The van der Waals surface area contributed by atoms with Gasteiger partial charge in [-0.3, -0.25) is 0 Å². The standard InChI is InChI=1S/C10H12N4O/c11-6-7-4-5-13-10(14-7)15-9-3-1-2-8(9)12/h4-5,8-9H,1-3,12H2. The third-order valence-electron chi connectivity index (χ3n) is 2.51. The first kappa shape index (κ1) is 9.87. The molecule has 2 atom stereocenters. The molecule has 0 spiro atoms. The van der Waals surface area contributed by atoms with Crippen molar-refractivity contribution in [2.45, 2.75) is 31.4 Å². The number of nitrogens with two attached hydrogens (primary N) is 1. The van der Waals surface area contributed by atoms with E-state index in [1.807, 2.05) is 6.07 Å². The van der Waals surface area contributed by atoms with E-state index >= 15 is 0 Å². The Morgan fingerprint density at radius 1 is 1.53 bits per heavy atom. The summed E-state index contributed by atoms with van der Waals surface area (Å²) in [5.74, 6) is 0. The van der Waals surface area contributed by atoms with Crippen molar-refractivity contribution < 1.29 is 4.74 Å². The van der Waals surface area contributed by atoms with Crippen molar-refractivity contribution in [1.82, 2.24) is 9.97 Å². The van der Waals surface area contributed by atoms with Gasteiger partial charge in [-0.1, -0.05) is 0 Å². The Bertz CT molecular complexity index is 387. The number of nitrogens with zero attached hydrogens (tertiary/aromatic N) is 3. The highest BCUT2D eigenvalue weighted by molar-refractivity contribution is 5.19. The highest BCUT2D eigenvalue weighted by Crippen LogP contribution is 2.21. The maximum Gasteiger partial charge on any atom is 0.317 e. The van der Waals surface area contributed by atoms with Gasteiger partial charge in [0, 0.05) is 12.2 Å². The summed E-state index contributed by atoms with van der Waals surface area (Å²) in [5, 5.41) is 8.65. The van der Waals surface area contributed by atoms with E-state index in [0.717, 1.165) is 19.3 Å². The Morgan fingerprint density at radius 2 is 2.40 bits per heavy atom. The molecule has 1 aliphatic rings. The Morgan fingerprint density at radius 3 is 3.07 bits per heavy atom. The first-order valence-corrected chi connectivity index (χ1v) is 4.95. The van der Waals surface area contributed by atoms with Crippen molar-refractivity contribution in [3.8, 4) is 12.1 Å². The van der Waals surface area contributed by atoms with Gasteiger partial charge < -0.3 is 10.5 Å². The van der Waals surface area contributed by atoms with Gasteiger partial charge in [0.2, 0.25) is 0 Å². The molecule has 2 unspecified atom stereocenters. The molecule has 0 amide bonds. The highest BCUT2D eigenvalue weighted by atomic mass is 16.5. The van der Waals surface area contributed by atoms with Crippen LogP contribution in [0.25, 0.3) is 0 Å². The molecule has 15 heavy (non-hydrogen) atoms. The quantitative estimate of drug-likeness (QED) is 0.762. The molecule has 1 aromatic heterocycles. The summed E-state index contributed by atoms with van der Waals surface area (Å²) in [7, 11) is 0. The molecule has 0 aromatic carbocycles. The molecule has 1 heterocycles. The first-order chi connectivity index (χ1) is 7.29. The zero-order valence-electron chi connectivity index (χ0n) is 8.26. The summed E-state index contributed by atoms with van der Waals surface area (Å²) in [5.41, 5.74) is 6.16. The maximum absolute atomic E-state index is 8.65. The number of nitriles is 1. The van der Waals surface area contributed by atoms with Crippen molar-refractivity contribution in [1.29, 1.82) is 5.26 Å². The Labute approximate surface area is 87.9 Å². The van der Waals surface area contributed by atoms with Gasteiger partial charge in [-0.2, -0.15) is 10.2 Å². The topological polar surface area (TPSA) is 84.8 Å². The van der Waals surface area contributed by atoms with Crippen molar-refractivity contribution >= 4 is 0 Å². The second-order valence-corrected chi connectivity index (χ2v) is 3.59. The summed E-state index contributed by atoms with van der Waals surface area (Å²) in [6.45, 7) is 0. The van der Waals surface area contributed by atoms with Gasteiger partial charge >= 0.3 is 6.01 Å². The zero-order chi connectivity index (χ0) is 10.7. The lowest BCUT2D eigenvalue weighted by molar-refractivity contribution is 0.175. The minimum Gasteiger partial charge on any atom is -0.458 e. The van der Waals surface area contributed by atoms with Gasteiger partial charge in [-0.15, -0.1) is 0 Å². The smallest absolute Gasteiger partial charge is 0.317 e. The van der Waals surface area contributed by atoms with E-state index in [1.54, 1.807) is 6.07 Å². The van der Waals surface area contributed by atoms with Crippen LogP contribution < -0.4 is 10.5 Å². The van der Waals surface area contributed by atoms with Gasteiger partial charge in [-0.25, -0.2) is 4.98 Å². The molecule has 5 nitrogen and oxygen atoms in total. The monoisotopic (exact) mass is 204 g/mol. The average Bonchev–Trinajstić information content (AvgIpc) is 2.65. The van der Waals surface area contributed by atoms with Gasteiger partial charge in [0.15, 0.2) is 0 Å². The lowest BCUT2D eigenvalue weighted by Gasteiger charge is -2.15. The van der Waals surface area contributed by atoms with Crippen LogP contribution in [0.2, 0.25) is 0 Å². The molecule has 1 aliphatic carbocycles. The first-order valence-electron chi connectivity index (χ1n) is 4.95. The molecule has 0 saturated heterocycles. The molecule has 2 N–H and O–H groups in total. The summed E-state index contributed by atoms with van der Waals surface area (Å²) in [4.78, 5) is 7.88. The van der Waals surface area contributed by atoms with E-state index in [1.165, 1.54) is 6.20 Å². The molecular weight excluding hydrogens is 192 g/mol. The fourth-order valence-electron chi connectivity index (χ4n) is 1.70. The number of aromatic nitrogens is 2. The minimum atomic E-state index is -0.0149. The van der Waals surface area contributed by atoms with E-state index in [9.17, 15) is 0 Å². The van der Waals surface area contributed by atoms with Crippen LogP contribution in [-0.4, -0.2) is 22.1 Å². The van der Waals surface area contributed by atoms with E-state index in [-0.39, 0.29) is 18.2 Å². The Hall–Kier alpha value is -1.67. The lowest BCUT2D eigenvalue weighted by Crippen LogP contribution is -2.34. The Balaban J connectivity index is 2.07. The van der Waals surface area contributed by atoms with Crippen LogP contribution in [0.15, 0.2) is 12.3 Å². The van der Waals surface area contributed by atoms with Gasteiger partial charge in [0.05, 0.1) is 0 Å². The van der Waals surface area contributed by atoms with Crippen molar-refractivity contribution in [3.63, 3.8) is 0 Å². The molecule has 1 aromatic rings. The predicted octanol–water partition coefficient (Wildman–Crippen LogP) is 0.607. The molecule has 0 bridgehead atoms. The number of ether oxygens (including phenoxy) is 1. The third-order valence-corrected chi connectivity index (χ3v) is 2.51. The van der Waals surface area contributed by atoms with Crippen molar-refractivity contribution in [3.05, 3.63) is 18.0 Å². The largest absolute Gasteiger partial charge is 0.458 e. The van der Waals surface area contributed by atoms with Crippen LogP contribution in [0.3, 0.4) is 0 Å². The molecule has 5 heteroatoms. The molecule has 0 aliphatic heterocycles. The summed E-state index contributed by atoms with van der Waals surface area (Å²) in [6, 6.07) is 3.79. The molecule has 0 radical (unpaired) electrons. The van der Waals surface area contributed by atoms with Crippen LogP contribution in [0, 0.1) is 11.3 Å². The molecule has 1 saturated carbocycles. The second-order valence-electron chi connectivity index (χ2n) is 3.59. The average molecular weight is 204 g/mol.